The largest absolute Gasteiger partial charge is 0.284 e. The number of fused-ring (bicyclic) bond motifs is 1. The third kappa shape index (κ3) is 4.26. The van der Waals surface area contributed by atoms with Crippen molar-refractivity contribution >= 4 is 42.5 Å². The standard InChI is InChI=1S/C19H19N5O4S2/c1-29(25,26)23-15-5-3-4-13(10-15)17-12-19(24(22-17)30(2,27)28)14-6-7-16-18(11-14)21-9-8-20-16/h3-11,19,23H,12H2,1-2H3. The molecule has 2 aromatic carbocycles. The van der Waals surface area contributed by atoms with E-state index in [9.17, 15) is 16.8 Å². The number of hydrogen-bond acceptors (Lipinski definition) is 7. The van der Waals surface area contributed by atoms with Crippen LogP contribution in [-0.4, -0.2) is 49.4 Å². The molecule has 1 aliphatic heterocycles. The van der Waals surface area contributed by atoms with Crippen LogP contribution in [0.5, 0.6) is 0 Å². The van der Waals surface area contributed by atoms with Gasteiger partial charge in [-0.3, -0.25) is 14.7 Å². The topological polar surface area (TPSA) is 122 Å². The van der Waals surface area contributed by atoms with Gasteiger partial charge in [0.2, 0.25) is 20.0 Å². The fourth-order valence-electron chi connectivity index (χ4n) is 3.38. The molecule has 156 valence electrons. The summed E-state index contributed by atoms with van der Waals surface area (Å²) < 4.78 is 51.4. The summed E-state index contributed by atoms with van der Waals surface area (Å²) in [6, 6.07) is 11.6. The number of aromatic nitrogens is 2. The molecule has 11 heteroatoms. The second-order valence-electron chi connectivity index (χ2n) is 7.06. The third-order valence-corrected chi connectivity index (χ3v) is 6.21. The molecule has 1 N–H and O–H groups in total. The van der Waals surface area contributed by atoms with Gasteiger partial charge in [-0.1, -0.05) is 18.2 Å². The summed E-state index contributed by atoms with van der Waals surface area (Å²) in [4.78, 5) is 8.53. The van der Waals surface area contributed by atoms with Gasteiger partial charge in [-0.05, 0) is 35.4 Å². The van der Waals surface area contributed by atoms with Crippen LogP contribution in [0, 0.1) is 0 Å². The molecule has 1 atom stereocenters. The van der Waals surface area contributed by atoms with Crippen molar-refractivity contribution in [3.63, 3.8) is 0 Å². The molecule has 3 aromatic rings. The van der Waals surface area contributed by atoms with Crippen LogP contribution in [0.1, 0.15) is 23.6 Å². The molecule has 1 aromatic heterocycles. The molecule has 0 aliphatic carbocycles. The molecular weight excluding hydrogens is 426 g/mol. The van der Waals surface area contributed by atoms with E-state index in [2.05, 4.69) is 19.8 Å². The summed E-state index contributed by atoms with van der Waals surface area (Å²) in [7, 11) is -7.07. The zero-order chi connectivity index (χ0) is 21.5. The lowest BCUT2D eigenvalue weighted by molar-refractivity contribution is 0.375. The second kappa shape index (κ2) is 7.33. The van der Waals surface area contributed by atoms with Crippen molar-refractivity contribution in [2.75, 3.05) is 17.2 Å². The lowest BCUT2D eigenvalue weighted by Gasteiger charge is -2.21. The number of benzene rings is 2. The average Bonchev–Trinajstić information content (AvgIpc) is 3.12. The van der Waals surface area contributed by atoms with Crippen LogP contribution < -0.4 is 4.72 Å². The number of hydrogen-bond donors (Lipinski definition) is 1. The Kier molecular flexibility index (Phi) is 4.94. The Hall–Kier alpha value is -3.05. The van der Waals surface area contributed by atoms with E-state index in [0.29, 0.717) is 34.4 Å². The second-order valence-corrected chi connectivity index (χ2v) is 10.7. The van der Waals surface area contributed by atoms with Crippen LogP contribution >= 0.6 is 0 Å². The number of nitrogens with zero attached hydrogens (tertiary/aromatic N) is 4. The monoisotopic (exact) mass is 445 g/mol. The first-order valence-electron chi connectivity index (χ1n) is 8.96. The molecule has 0 amide bonds. The average molecular weight is 446 g/mol. The molecule has 0 saturated carbocycles. The quantitative estimate of drug-likeness (QED) is 0.642. The fraction of sp³-hybridized carbons (Fsp3) is 0.211. The third-order valence-electron chi connectivity index (χ3n) is 4.59. The lowest BCUT2D eigenvalue weighted by atomic mass is 9.98. The van der Waals surface area contributed by atoms with Crippen LogP contribution in [0.2, 0.25) is 0 Å². The predicted molar refractivity (Wildman–Crippen MR) is 115 cm³/mol. The Bertz CT molecular complexity index is 1370. The van der Waals surface area contributed by atoms with Gasteiger partial charge in [0, 0.05) is 24.5 Å². The van der Waals surface area contributed by atoms with Crippen molar-refractivity contribution in [3.05, 3.63) is 66.0 Å². The number of anilines is 1. The van der Waals surface area contributed by atoms with Crippen LogP contribution in [-0.2, 0) is 20.0 Å². The van der Waals surface area contributed by atoms with Gasteiger partial charge in [0.05, 0.1) is 35.3 Å². The highest BCUT2D eigenvalue weighted by Gasteiger charge is 2.34. The molecule has 1 unspecified atom stereocenters. The smallest absolute Gasteiger partial charge is 0.247 e. The van der Waals surface area contributed by atoms with Gasteiger partial charge in [-0.25, -0.2) is 16.8 Å². The van der Waals surface area contributed by atoms with Crippen molar-refractivity contribution < 1.29 is 16.8 Å². The maximum absolute atomic E-state index is 12.4. The van der Waals surface area contributed by atoms with Gasteiger partial charge in [0.25, 0.3) is 0 Å². The van der Waals surface area contributed by atoms with E-state index >= 15 is 0 Å². The molecule has 1 aliphatic rings. The van der Waals surface area contributed by atoms with E-state index in [1.165, 1.54) is 0 Å². The van der Waals surface area contributed by atoms with Gasteiger partial charge < -0.3 is 0 Å². The Balaban J connectivity index is 1.72. The van der Waals surface area contributed by atoms with Crippen LogP contribution in [0.15, 0.2) is 60.0 Å². The van der Waals surface area contributed by atoms with Crippen molar-refractivity contribution in [2.24, 2.45) is 5.10 Å². The zero-order valence-corrected chi connectivity index (χ0v) is 17.9. The van der Waals surface area contributed by atoms with Crippen molar-refractivity contribution in [3.8, 4) is 0 Å². The van der Waals surface area contributed by atoms with E-state index in [0.717, 1.165) is 22.5 Å². The van der Waals surface area contributed by atoms with E-state index in [1.807, 2.05) is 12.1 Å². The molecule has 0 spiro atoms. The zero-order valence-electron chi connectivity index (χ0n) is 16.2. The number of hydrazone groups is 1. The van der Waals surface area contributed by atoms with Crippen LogP contribution in [0.3, 0.4) is 0 Å². The van der Waals surface area contributed by atoms with E-state index in [1.54, 1.807) is 42.7 Å². The minimum atomic E-state index is -3.63. The Labute approximate surface area is 174 Å². The molecule has 0 radical (unpaired) electrons. The molecule has 30 heavy (non-hydrogen) atoms. The Morgan fingerprint density at radius 3 is 2.40 bits per heavy atom. The van der Waals surface area contributed by atoms with Gasteiger partial charge in [0.1, 0.15) is 0 Å². The summed E-state index contributed by atoms with van der Waals surface area (Å²) in [6.45, 7) is 0. The maximum atomic E-state index is 12.4. The van der Waals surface area contributed by atoms with Crippen LogP contribution in [0.4, 0.5) is 5.69 Å². The molecule has 0 fully saturated rings. The van der Waals surface area contributed by atoms with Gasteiger partial charge in [-0.2, -0.15) is 9.52 Å². The minimum Gasteiger partial charge on any atom is -0.284 e. The van der Waals surface area contributed by atoms with Crippen LogP contribution in [0.25, 0.3) is 11.0 Å². The van der Waals surface area contributed by atoms with E-state index in [4.69, 9.17) is 0 Å². The normalized spacial score (nSPS) is 17.2. The lowest BCUT2D eigenvalue weighted by Crippen LogP contribution is -2.25. The molecule has 9 nitrogen and oxygen atoms in total. The molecular formula is C19H19N5O4S2. The molecule has 0 saturated heterocycles. The molecule has 2 heterocycles. The summed E-state index contributed by atoms with van der Waals surface area (Å²) in [6.07, 6.45) is 5.68. The van der Waals surface area contributed by atoms with Crippen molar-refractivity contribution in [1.82, 2.24) is 14.4 Å². The predicted octanol–water partition coefficient (Wildman–Crippen LogP) is 2.11. The van der Waals surface area contributed by atoms with Crippen molar-refractivity contribution in [2.45, 2.75) is 12.5 Å². The first-order chi connectivity index (χ1) is 14.1. The summed E-state index contributed by atoms with van der Waals surface area (Å²) in [5.74, 6) is 0. The molecule has 4 rings (SSSR count). The summed E-state index contributed by atoms with van der Waals surface area (Å²) in [5.41, 5.74) is 3.69. The number of rotatable bonds is 5. The summed E-state index contributed by atoms with van der Waals surface area (Å²) in [5, 5.41) is 4.35. The first-order valence-corrected chi connectivity index (χ1v) is 12.7. The highest BCUT2D eigenvalue weighted by Crippen LogP contribution is 2.35. The van der Waals surface area contributed by atoms with Gasteiger partial charge >= 0.3 is 0 Å². The Morgan fingerprint density at radius 1 is 0.967 bits per heavy atom. The highest BCUT2D eigenvalue weighted by atomic mass is 32.2. The van der Waals surface area contributed by atoms with Gasteiger partial charge in [-0.15, -0.1) is 0 Å². The van der Waals surface area contributed by atoms with Gasteiger partial charge in [0.15, 0.2) is 0 Å². The minimum absolute atomic E-state index is 0.334. The highest BCUT2D eigenvalue weighted by molar-refractivity contribution is 7.92. The first kappa shape index (κ1) is 20.2. The Morgan fingerprint density at radius 2 is 1.70 bits per heavy atom. The number of sulfonamides is 2. The molecule has 0 bridgehead atoms. The number of nitrogens with one attached hydrogen (secondary N) is 1. The summed E-state index contributed by atoms with van der Waals surface area (Å²) >= 11 is 0. The van der Waals surface area contributed by atoms with E-state index in [-0.39, 0.29) is 0 Å². The van der Waals surface area contributed by atoms with Crippen molar-refractivity contribution in [1.29, 1.82) is 0 Å². The SMILES string of the molecule is CS(=O)(=O)Nc1cccc(C2=NN(S(C)(=O)=O)C(c3ccc4nccnc4c3)C2)c1. The fourth-order valence-corrected chi connectivity index (χ4v) is 4.84. The maximum Gasteiger partial charge on any atom is 0.247 e. The van der Waals surface area contributed by atoms with E-state index < -0.39 is 26.1 Å².